The highest BCUT2D eigenvalue weighted by atomic mass is 15.1. The molecule has 704 valence electrons. The van der Waals surface area contributed by atoms with E-state index >= 15 is 0 Å². The summed E-state index contributed by atoms with van der Waals surface area (Å²) in [6, 6.07) is 160. The first-order valence-corrected chi connectivity index (χ1v) is 52.7. The zero-order chi connectivity index (χ0) is 99.1. The van der Waals surface area contributed by atoms with Crippen LogP contribution in [0.1, 0.15) is 150 Å². The molecule has 0 amide bonds. The molecule has 0 atom stereocenters. The Balaban J connectivity index is 0.000000101. The van der Waals surface area contributed by atoms with Crippen LogP contribution in [-0.4, -0.2) is 27.4 Å². The van der Waals surface area contributed by atoms with Crippen molar-refractivity contribution in [3.8, 4) is 89.8 Å². The average Bonchev–Trinajstić information content (AvgIpc) is 1.51. The zero-order valence-electron chi connectivity index (χ0n) is 85.1. The van der Waals surface area contributed by atoms with Crippen LogP contribution in [0.2, 0.25) is 0 Å². The lowest BCUT2D eigenvalue weighted by Crippen LogP contribution is -2.26. The maximum absolute atomic E-state index is 2.58. The first-order valence-electron chi connectivity index (χ1n) is 52.7. The second kappa shape index (κ2) is 29.7. The summed E-state index contributed by atoms with van der Waals surface area (Å²) in [7, 11) is 0. The van der Waals surface area contributed by atoms with Gasteiger partial charge in [0.1, 0.15) is 0 Å². The van der Waals surface area contributed by atoms with E-state index < -0.39 is 0 Å². The monoisotopic (exact) mass is 1890 g/mol. The number of hydrogen-bond acceptors (Lipinski definition) is 0. The normalized spacial score (nSPS) is 15.2. The molecule has 3 aliphatic heterocycles. The molecule has 0 saturated carbocycles. The van der Waals surface area contributed by atoms with Gasteiger partial charge in [-0.1, -0.05) is 374 Å². The maximum atomic E-state index is 2.58. The van der Waals surface area contributed by atoms with Crippen molar-refractivity contribution in [2.45, 2.75) is 116 Å². The Labute approximate surface area is 859 Å². The largest absolute Gasteiger partial charge is 0.309 e. The van der Waals surface area contributed by atoms with Crippen LogP contribution >= 0.6 is 0 Å². The van der Waals surface area contributed by atoms with E-state index in [2.05, 4.69) is 535 Å². The molecule has 0 fully saturated rings. The zero-order valence-corrected chi connectivity index (χ0v) is 85.1. The number of hydrogen-bond donors (Lipinski definition) is 0. The van der Waals surface area contributed by atoms with Crippen LogP contribution in [0.25, 0.3) is 231 Å². The van der Waals surface area contributed by atoms with E-state index in [0.29, 0.717) is 0 Å². The summed E-state index contributed by atoms with van der Waals surface area (Å²) in [6.45, 7) is 28.9. The predicted octanol–water partition coefficient (Wildman–Crippen LogP) is 37.0. The number of para-hydroxylation sites is 7. The summed E-state index contributed by atoms with van der Waals surface area (Å²) < 4.78 is 15.2. The molecule has 3 aliphatic carbocycles. The van der Waals surface area contributed by atoms with Crippen LogP contribution in [0, 0.1) is 0 Å². The highest BCUT2D eigenvalue weighted by molar-refractivity contribution is 6.22. The lowest BCUT2D eigenvalue weighted by Gasteiger charge is -2.36. The van der Waals surface area contributed by atoms with Crippen molar-refractivity contribution in [3.05, 3.63) is 491 Å². The minimum atomic E-state index is -0.219. The SMILES string of the molecule is CC1(C)c2cc3c(cc2-c2cccc4cccc1c24)c1cc(-n2c4ccccc4c4ccccc42)cc2c1n3-c1ccccc1C2(C)C.CC1(C)c2ccccc2-c2cc3c4cc(-n5c6ccc(-c7ccccc7)cc6c6cc(-c7ccccc7)ccc65)cc5c4n(c3cc21)-c1ccccc1C5(C)C.CC1(C)c2ccccc2-c2ccc3c(c21)c1cc(-n2c4ccccc4c4ccccc42)cc2c1n3-c1ccccc1C2(C)C. The first-order chi connectivity index (χ1) is 72.0. The summed E-state index contributed by atoms with van der Waals surface area (Å²) in [5, 5.41) is 18.4. The highest BCUT2D eigenvalue weighted by Crippen LogP contribution is 2.61. The van der Waals surface area contributed by atoms with E-state index in [1.807, 2.05) is 0 Å². The molecule has 6 aromatic heterocycles. The summed E-state index contributed by atoms with van der Waals surface area (Å²) >= 11 is 0. The molecular formula is C142H106N6. The Morgan fingerprint density at radius 2 is 0.466 bits per heavy atom. The lowest BCUT2D eigenvalue weighted by atomic mass is 9.68. The third kappa shape index (κ3) is 11.2. The minimum Gasteiger partial charge on any atom is -0.309 e. The fourth-order valence-electron chi connectivity index (χ4n) is 28.9. The van der Waals surface area contributed by atoms with Crippen molar-refractivity contribution in [3.63, 3.8) is 0 Å². The number of fused-ring (bicyclic) bond motifs is 33. The molecular weight excluding hydrogens is 1790 g/mol. The average molecular weight is 1900 g/mol. The number of rotatable bonds is 5. The van der Waals surface area contributed by atoms with E-state index in [1.165, 1.54) is 298 Å². The minimum absolute atomic E-state index is 0.0848. The van der Waals surface area contributed by atoms with Crippen molar-refractivity contribution in [2.24, 2.45) is 0 Å². The number of benzene rings is 21. The third-order valence-electron chi connectivity index (χ3n) is 36.0. The number of nitrogens with zero attached hydrogens (tertiary/aromatic N) is 6. The van der Waals surface area contributed by atoms with Crippen molar-refractivity contribution < 1.29 is 0 Å². The van der Waals surface area contributed by atoms with Gasteiger partial charge in [-0.3, -0.25) is 0 Å². The smallest absolute Gasteiger partial charge is 0.0583 e. The summed E-state index contributed by atoms with van der Waals surface area (Å²) in [4.78, 5) is 0. The van der Waals surface area contributed by atoms with E-state index in [9.17, 15) is 0 Å². The van der Waals surface area contributed by atoms with E-state index in [1.54, 1.807) is 0 Å². The molecule has 6 aliphatic rings. The van der Waals surface area contributed by atoms with E-state index in [4.69, 9.17) is 0 Å². The molecule has 0 spiro atoms. The fourth-order valence-corrected chi connectivity index (χ4v) is 28.9. The van der Waals surface area contributed by atoms with Crippen molar-refractivity contribution in [1.82, 2.24) is 27.4 Å². The fraction of sp³-hybridized carbons (Fsp3) is 0.127. The van der Waals surface area contributed by atoms with Gasteiger partial charge in [0.2, 0.25) is 0 Å². The molecule has 0 N–H and O–H groups in total. The van der Waals surface area contributed by atoms with Gasteiger partial charge in [0.25, 0.3) is 0 Å². The molecule has 33 rings (SSSR count). The Morgan fingerprint density at radius 1 is 0.149 bits per heavy atom. The van der Waals surface area contributed by atoms with Crippen LogP contribution in [0.5, 0.6) is 0 Å². The molecule has 0 unspecified atom stereocenters. The molecule has 21 aromatic carbocycles. The summed E-state index contributed by atoms with van der Waals surface area (Å²) in [5.74, 6) is 0. The van der Waals surface area contributed by atoms with Gasteiger partial charge in [-0.2, -0.15) is 0 Å². The Kier molecular flexibility index (Phi) is 17.1. The van der Waals surface area contributed by atoms with Gasteiger partial charge in [0, 0.05) is 114 Å². The summed E-state index contributed by atoms with van der Waals surface area (Å²) in [5.41, 5.74) is 51.6. The van der Waals surface area contributed by atoms with E-state index in [0.717, 1.165) is 0 Å². The van der Waals surface area contributed by atoms with Crippen LogP contribution in [0.15, 0.2) is 425 Å². The molecule has 148 heavy (non-hydrogen) atoms. The van der Waals surface area contributed by atoms with E-state index in [-0.39, 0.29) is 32.5 Å². The number of aromatic nitrogens is 6. The molecule has 0 radical (unpaired) electrons. The summed E-state index contributed by atoms with van der Waals surface area (Å²) in [6.07, 6.45) is 0. The van der Waals surface area contributed by atoms with Gasteiger partial charge in [0.05, 0.1) is 83.3 Å². The molecule has 9 heterocycles. The first kappa shape index (κ1) is 85.1. The molecule has 0 saturated heterocycles. The molecule has 0 bridgehead atoms. The lowest BCUT2D eigenvalue weighted by molar-refractivity contribution is 0.629. The molecule has 27 aromatic rings. The van der Waals surface area contributed by atoms with Gasteiger partial charge >= 0.3 is 0 Å². The van der Waals surface area contributed by atoms with Gasteiger partial charge < -0.3 is 27.4 Å². The third-order valence-corrected chi connectivity index (χ3v) is 36.0. The standard InChI is InChI=1S/C54H40N2.C46H34N2.C42H32N2/c1-53(2)44-20-12-11-19-38(44)39-31-42-43-29-37(30-47-52(43)56(51(42)32-46(39)53)50-22-14-13-21-45(50)54(47,3)4)55-48-25-23-35(33-15-7-5-8-16-33)27-40(48)41-28-36(24-26-49(41)55)34-17-9-6-10-18-34;1-45(2)35-18-7-10-22-41(35)48-42-26-37-32(31-17-11-13-27-14-12-19-36(43(27)31)46(37,3)4)25-33(42)34-23-28(24-38(45)44(34)48)47-39-20-8-5-15-29(39)30-16-6-9-21-40(30)47;1-41(2)32-17-9-12-20-36(32)44-37-22-21-29-26-13-5-8-16-31(26)42(3,4)39(29)38(37)30-23-25(24-33(41)40(30)44)43-34-18-10-6-14-27(34)28-15-7-11-19-35(28)43/h5-32H,1-4H3;5-26H,1-4H3;5-24H,1-4H3. The quantitative estimate of drug-likeness (QED) is 0.164. The van der Waals surface area contributed by atoms with Crippen LogP contribution in [0.3, 0.4) is 0 Å². The van der Waals surface area contributed by atoms with Crippen LogP contribution < -0.4 is 0 Å². The molecule has 6 nitrogen and oxygen atoms in total. The van der Waals surface area contributed by atoms with Crippen LogP contribution in [-0.2, 0) is 32.5 Å². The van der Waals surface area contributed by atoms with Gasteiger partial charge in [-0.15, -0.1) is 0 Å². The Hall–Kier alpha value is -17.3. The second-order valence-corrected chi connectivity index (χ2v) is 45.8. The van der Waals surface area contributed by atoms with Crippen molar-refractivity contribution in [1.29, 1.82) is 0 Å². The predicted molar refractivity (Wildman–Crippen MR) is 623 cm³/mol. The maximum Gasteiger partial charge on any atom is 0.0583 e. The van der Waals surface area contributed by atoms with Crippen molar-refractivity contribution >= 4 is 142 Å². The Bertz CT molecular complexity index is 10400. The molecule has 6 heteroatoms. The van der Waals surface area contributed by atoms with Crippen molar-refractivity contribution in [2.75, 3.05) is 0 Å². The highest BCUT2D eigenvalue weighted by Gasteiger charge is 2.46. The second-order valence-electron chi connectivity index (χ2n) is 45.8. The van der Waals surface area contributed by atoms with Gasteiger partial charge in [-0.05, 0) is 267 Å². The Morgan fingerprint density at radius 3 is 0.919 bits per heavy atom. The topological polar surface area (TPSA) is 29.6 Å². The van der Waals surface area contributed by atoms with Crippen LogP contribution in [0.4, 0.5) is 0 Å². The van der Waals surface area contributed by atoms with Gasteiger partial charge in [-0.25, -0.2) is 0 Å². The van der Waals surface area contributed by atoms with Gasteiger partial charge in [0.15, 0.2) is 0 Å².